The number of rotatable bonds is 3. The summed E-state index contributed by atoms with van der Waals surface area (Å²) in [6.45, 7) is 8.68. The van der Waals surface area contributed by atoms with E-state index in [1.807, 2.05) is 61.1 Å². The Kier molecular flexibility index (Phi) is 5.16. The molecule has 168 valence electrons. The molecule has 2 amide bonds. The highest BCUT2D eigenvalue weighted by Gasteiger charge is 2.49. The Morgan fingerprint density at radius 3 is 2.62 bits per heavy atom. The SMILES string of the molecule is Cc1ccc(C)c(N2C(=O)c3cc4sccc4n3C[C@]2(C)C(=O)NC2CCC(C)CC2)c1. The lowest BCUT2D eigenvalue weighted by Crippen LogP contribution is -2.65. The van der Waals surface area contributed by atoms with E-state index in [1.165, 1.54) is 0 Å². The summed E-state index contributed by atoms with van der Waals surface area (Å²) in [6, 6.07) is 10.3. The smallest absolute Gasteiger partial charge is 0.275 e. The monoisotopic (exact) mass is 449 g/mol. The average Bonchev–Trinajstić information content (AvgIpc) is 3.35. The van der Waals surface area contributed by atoms with Crippen molar-refractivity contribution >= 4 is 39.1 Å². The van der Waals surface area contributed by atoms with Gasteiger partial charge in [0.25, 0.3) is 5.91 Å². The number of hydrogen-bond acceptors (Lipinski definition) is 3. The number of carbonyl (C=O) groups excluding carboxylic acids is 2. The number of hydrogen-bond donors (Lipinski definition) is 1. The number of thiophene rings is 1. The van der Waals surface area contributed by atoms with Crippen molar-refractivity contribution in [3.8, 4) is 0 Å². The zero-order valence-corrected chi connectivity index (χ0v) is 20.1. The third kappa shape index (κ3) is 3.36. The van der Waals surface area contributed by atoms with Crippen molar-refractivity contribution in [3.63, 3.8) is 0 Å². The van der Waals surface area contributed by atoms with Crippen LogP contribution in [0.25, 0.3) is 10.2 Å². The molecule has 3 aromatic rings. The van der Waals surface area contributed by atoms with E-state index in [0.29, 0.717) is 12.2 Å². The van der Waals surface area contributed by atoms with Gasteiger partial charge in [-0.25, -0.2) is 0 Å². The molecule has 1 aliphatic carbocycles. The van der Waals surface area contributed by atoms with Crippen LogP contribution in [0.2, 0.25) is 0 Å². The molecule has 2 aromatic heterocycles. The van der Waals surface area contributed by atoms with Gasteiger partial charge in [0.2, 0.25) is 5.91 Å². The summed E-state index contributed by atoms with van der Waals surface area (Å²) in [4.78, 5) is 29.6. The molecule has 5 nitrogen and oxygen atoms in total. The highest BCUT2D eigenvalue weighted by atomic mass is 32.1. The Morgan fingerprint density at radius 2 is 1.88 bits per heavy atom. The Hall–Kier alpha value is -2.60. The zero-order valence-electron chi connectivity index (χ0n) is 19.3. The van der Waals surface area contributed by atoms with E-state index in [0.717, 1.165) is 58.6 Å². The second-order valence-corrected chi connectivity index (χ2v) is 10.9. The molecule has 0 radical (unpaired) electrons. The maximum atomic E-state index is 13.9. The number of nitrogens with one attached hydrogen (secondary N) is 1. The third-order valence-corrected chi connectivity index (χ3v) is 8.20. The molecule has 6 heteroatoms. The molecule has 1 N–H and O–H groups in total. The maximum absolute atomic E-state index is 13.9. The van der Waals surface area contributed by atoms with Gasteiger partial charge in [0, 0.05) is 11.7 Å². The molecule has 0 bridgehead atoms. The van der Waals surface area contributed by atoms with Crippen molar-refractivity contribution in [1.29, 1.82) is 0 Å². The first-order valence-electron chi connectivity index (χ1n) is 11.6. The van der Waals surface area contributed by atoms with Gasteiger partial charge < -0.3 is 9.88 Å². The van der Waals surface area contributed by atoms with E-state index in [4.69, 9.17) is 0 Å². The summed E-state index contributed by atoms with van der Waals surface area (Å²) in [7, 11) is 0. The van der Waals surface area contributed by atoms with Crippen LogP contribution in [-0.2, 0) is 11.3 Å². The number of aromatic nitrogens is 1. The molecule has 5 rings (SSSR count). The van der Waals surface area contributed by atoms with Crippen LogP contribution in [-0.4, -0.2) is 28.0 Å². The number of fused-ring (bicyclic) bond motifs is 3. The van der Waals surface area contributed by atoms with Crippen LogP contribution in [0.1, 0.15) is 61.1 Å². The van der Waals surface area contributed by atoms with Crippen molar-refractivity contribution in [1.82, 2.24) is 9.88 Å². The van der Waals surface area contributed by atoms with Gasteiger partial charge in [-0.3, -0.25) is 14.5 Å². The van der Waals surface area contributed by atoms with Crippen LogP contribution >= 0.6 is 11.3 Å². The quantitative estimate of drug-likeness (QED) is 0.579. The fourth-order valence-corrected chi connectivity index (χ4v) is 6.12. The molecule has 32 heavy (non-hydrogen) atoms. The van der Waals surface area contributed by atoms with Gasteiger partial charge in [0.15, 0.2) is 0 Å². The number of benzene rings is 1. The highest BCUT2D eigenvalue weighted by Crippen LogP contribution is 2.39. The third-order valence-electron chi connectivity index (χ3n) is 7.35. The average molecular weight is 450 g/mol. The number of amides is 2. The minimum Gasteiger partial charge on any atom is -0.351 e. The number of carbonyl (C=O) groups is 2. The summed E-state index contributed by atoms with van der Waals surface area (Å²) in [6.07, 6.45) is 4.28. The first kappa shape index (κ1) is 21.3. The van der Waals surface area contributed by atoms with Gasteiger partial charge in [0.1, 0.15) is 11.2 Å². The summed E-state index contributed by atoms with van der Waals surface area (Å²) >= 11 is 1.63. The van der Waals surface area contributed by atoms with Crippen molar-refractivity contribution < 1.29 is 9.59 Å². The van der Waals surface area contributed by atoms with Crippen molar-refractivity contribution in [2.24, 2.45) is 5.92 Å². The minimum absolute atomic E-state index is 0.0611. The molecule has 1 aliphatic heterocycles. The standard InChI is InChI=1S/C26H31N3O2S/c1-16-6-9-19(10-7-16)27-25(31)26(4)15-28-20-11-12-32-23(20)14-22(28)24(30)29(26)21-13-17(2)5-8-18(21)3/h5,8,11-14,16,19H,6-7,9-10,15H2,1-4H3,(H,27,31)/t16?,19?,26-/m1/s1. The number of aryl methyl sites for hydroxylation is 2. The Labute approximate surface area is 193 Å². The topological polar surface area (TPSA) is 54.3 Å². The van der Waals surface area contributed by atoms with Gasteiger partial charge in [0.05, 0.1) is 16.8 Å². The van der Waals surface area contributed by atoms with E-state index in [9.17, 15) is 9.59 Å². The van der Waals surface area contributed by atoms with E-state index in [1.54, 1.807) is 16.2 Å². The minimum atomic E-state index is -1.01. The molecule has 1 aromatic carbocycles. The molecule has 0 saturated heterocycles. The zero-order chi connectivity index (χ0) is 22.6. The molecule has 1 saturated carbocycles. The summed E-state index contributed by atoms with van der Waals surface area (Å²) in [5.41, 5.74) is 3.56. The molecule has 1 atom stereocenters. The van der Waals surface area contributed by atoms with E-state index >= 15 is 0 Å². The second kappa shape index (κ2) is 7.77. The fraction of sp³-hybridized carbons (Fsp3) is 0.462. The lowest BCUT2D eigenvalue weighted by atomic mass is 9.86. The lowest BCUT2D eigenvalue weighted by molar-refractivity contribution is -0.127. The van der Waals surface area contributed by atoms with Crippen molar-refractivity contribution in [2.75, 3.05) is 4.90 Å². The van der Waals surface area contributed by atoms with Gasteiger partial charge in [-0.15, -0.1) is 11.3 Å². The predicted molar refractivity (Wildman–Crippen MR) is 131 cm³/mol. The first-order chi connectivity index (χ1) is 15.3. The van der Waals surface area contributed by atoms with Crippen LogP contribution in [0.4, 0.5) is 5.69 Å². The van der Waals surface area contributed by atoms with Crippen LogP contribution in [0.5, 0.6) is 0 Å². The van der Waals surface area contributed by atoms with Gasteiger partial charge in [-0.1, -0.05) is 19.1 Å². The van der Waals surface area contributed by atoms with Gasteiger partial charge >= 0.3 is 0 Å². The van der Waals surface area contributed by atoms with E-state index in [2.05, 4.69) is 12.2 Å². The van der Waals surface area contributed by atoms with Crippen LogP contribution in [0.3, 0.4) is 0 Å². The van der Waals surface area contributed by atoms with Crippen molar-refractivity contribution in [2.45, 2.75) is 71.5 Å². The normalized spacial score (nSPS) is 25.8. The fourth-order valence-electron chi connectivity index (χ4n) is 5.30. The Morgan fingerprint density at radius 1 is 1.12 bits per heavy atom. The lowest BCUT2D eigenvalue weighted by Gasteiger charge is -2.45. The molecular formula is C26H31N3O2S. The Bertz CT molecular complexity index is 1200. The largest absolute Gasteiger partial charge is 0.351 e. The van der Waals surface area contributed by atoms with Crippen LogP contribution in [0.15, 0.2) is 35.7 Å². The number of anilines is 1. The van der Waals surface area contributed by atoms with Crippen molar-refractivity contribution in [3.05, 3.63) is 52.5 Å². The number of nitrogens with zero attached hydrogens (tertiary/aromatic N) is 2. The molecule has 1 fully saturated rings. The van der Waals surface area contributed by atoms with Gasteiger partial charge in [-0.2, -0.15) is 0 Å². The first-order valence-corrected chi connectivity index (χ1v) is 12.5. The van der Waals surface area contributed by atoms with Crippen LogP contribution < -0.4 is 10.2 Å². The van der Waals surface area contributed by atoms with Crippen LogP contribution in [0, 0.1) is 19.8 Å². The van der Waals surface area contributed by atoms with E-state index < -0.39 is 5.54 Å². The predicted octanol–water partition coefficient (Wildman–Crippen LogP) is 5.43. The molecule has 0 spiro atoms. The Balaban J connectivity index is 1.59. The van der Waals surface area contributed by atoms with E-state index in [-0.39, 0.29) is 17.9 Å². The maximum Gasteiger partial charge on any atom is 0.275 e. The molecule has 3 heterocycles. The molecule has 0 unspecified atom stereocenters. The highest BCUT2D eigenvalue weighted by molar-refractivity contribution is 7.17. The van der Waals surface area contributed by atoms with Gasteiger partial charge in [-0.05, 0) is 87.1 Å². The summed E-state index contributed by atoms with van der Waals surface area (Å²) < 4.78 is 3.12. The summed E-state index contributed by atoms with van der Waals surface area (Å²) in [5.74, 6) is 0.549. The summed E-state index contributed by atoms with van der Waals surface area (Å²) in [5, 5.41) is 5.37. The second-order valence-electron chi connectivity index (χ2n) is 9.92. The molecule has 2 aliphatic rings. The molecular weight excluding hydrogens is 418 g/mol.